The highest BCUT2D eigenvalue weighted by molar-refractivity contribution is 8.18. The van der Waals surface area contributed by atoms with Crippen molar-refractivity contribution in [1.29, 1.82) is 0 Å². The molecule has 0 aliphatic heterocycles. The summed E-state index contributed by atoms with van der Waals surface area (Å²) in [5.74, 6) is -2.51. The Labute approximate surface area is 128 Å². The summed E-state index contributed by atoms with van der Waals surface area (Å²) in [6, 6.07) is 0. The quantitative estimate of drug-likeness (QED) is 0.241. The number of aliphatic hydroxyl groups is 2. The molecule has 0 aromatic heterocycles. The molecule has 110 valence electrons. The summed E-state index contributed by atoms with van der Waals surface area (Å²) in [5.41, 5.74) is 0. The van der Waals surface area contributed by atoms with Gasteiger partial charge in [-0.1, -0.05) is 0 Å². The number of carbonyl (C=O) groups excluding carboxylic acids is 1. The van der Waals surface area contributed by atoms with Gasteiger partial charge in [-0.15, -0.1) is 37.9 Å². The highest BCUT2D eigenvalue weighted by Gasteiger charge is 2.26. The van der Waals surface area contributed by atoms with Crippen molar-refractivity contribution in [1.82, 2.24) is 0 Å². The van der Waals surface area contributed by atoms with E-state index in [4.69, 9.17) is 19.7 Å². The molecule has 0 amide bonds. The van der Waals surface area contributed by atoms with Crippen LogP contribution in [0.25, 0.3) is 0 Å². The predicted molar refractivity (Wildman–Crippen MR) is 80.1 cm³/mol. The Hall–Kier alpha value is 0.710. The van der Waals surface area contributed by atoms with E-state index >= 15 is 0 Å². The maximum atomic E-state index is 10.3. The summed E-state index contributed by atoms with van der Waals surface area (Å²) in [4.78, 5) is 10.3. The van der Waals surface area contributed by atoms with Gasteiger partial charge in [0.05, 0.1) is 0 Å². The van der Waals surface area contributed by atoms with Crippen molar-refractivity contribution >= 4 is 56.8 Å². The maximum absolute atomic E-state index is 10.3. The van der Waals surface area contributed by atoms with E-state index in [0.29, 0.717) is 13.2 Å². The van der Waals surface area contributed by atoms with Gasteiger partial charge in [0.1, 0.15) is 6.61 Å². The van der Waals surface area contributed by atoms with Crippen molar-refractivity contribution in [2.45, 2.75) is 23.2 Å². The average Bonchev–Trinajstić information content (AvgIpc) is 2.28. The first-order valence-corrected chi connectivity index (χ1v) is 6.51. The summed E-state index contributed by atoms with van der Waals surface area (Å²) in [6.07, 6.45) is 0. The SMILES string of the molecule is CCOC(O)(CO)OCC.O=C(OS)C(S)(S)S. The average molecular weight is 338 g/mol. The third-order valence-electron chi connectivity index (χ3n) is 1.30. The van der Waals surface area contributed by atoms with Crippen LogP contribution in [0, 0.1) is 0 Å². The Morgan fingerprint density at radius 1 is 1.17 bits per heavy atom. The summed E-state index contributed by atoms with van der Waals surface area (Å²) < 4.78 is 12.0. The van der Waals surface area contributed by atoms with E-state index in [1.165, 1.54) is 0 Å². The van der Waals surface area contributed by atoms with E-state index in [-0.39, 0.29) is 0 Å². The highest BCUT2D eigenvalue weighted by Crippen LogP contribution is 2.25. The van der Waals surface area contributed by atoms with Crippen LogP contribution in [-0.4, -0.2) is 45.4 Å². The van der Waals surface area contributed by atoms with Gasteiger partial charge in [-0.2, -0.15) is 0 Å². The number of aliphatic hydroxyl groups excluding tert-OH is 1. The third-order valence-corrected chi connectivity index (χ3v) is 2.01. The lowest BCUT2D eigenvalue weighted by Gasteiger charge is -2.24. The molecule has 0 aromatic rings. The van der Waals surface area contributed by atoms with Crippen molar-refractivity contribution in [3.63, 3.8) is 0 Å². The van der Waals surface area contributed by atoms with Gasteiger partial charge in [-0.05, 0) is 13.8 Å². The summed E-state index contributed by atoms with van der Waals surface area (Å²) >= 11 is 14.1. The Bertz CT molecular complexity index is 226. The standard InChI is InChI=1S/C6H14O4.C2H4O2S4/c1-3-9-6(8,5-7)10-4-2;3-1(4-8)2(5,6)7/h7-8H,3-5H2,1-2H3;5-8H. The van der Waals surface area contributed by atoms with Crippen molar-refractivity contribution in [3.8, 4) is 0 Å². The molecule has 0 aliphatic rings. The van der Waals surface area contributed by atoms with Gasteiger partial charge in [0.15, 0.2) is 3.41 Å². The minimum absolute atomic E-state index is 0.303. The first-order chi connectivity index (χ1) is 8.16. The molecule has 0 saturated heterocycles. The zero-order chi connectivity index (χ0) is 14.8. The first-order valence-electron chi connectivity index (χ1n) is 4.80. The smallest absolute Gasteiger partial charge is 0.354 e. The molecule has 2 N–H and O–H groups in total. The molecule has 10 heteroatoms. The van der Waals surface area contributed by atoms with Crippen molar-refractivity contribution < 1.29 is 28.7 Å². The summed E-state index contributed by atoms with van der Waals surface area (Å²) in [7, 11) is 0. The van der Waals surface area contributed by atoms with E-state index in [0.717, 1.165) is 0 Å². The zero-order valence-corrected chi connectivity index (χ0v) is 13.5. The third kappa shape index (κ3) is 10.6. The van der Waals surface area contributed by atoms with Gasteiger partial charge in [0.2, 0.25) is 0 Å². The molecular formula is C8H18O6S4. The molecule has 0 radical (unpaired) electrons. The van der Waals surface area contributed by atoms with E-state index in [1.807, 2.05) is 0 Å². The number of ether oxygens (including phenoxy) is 2. The number of hydrogen-bond donors (Lipinski definition) is 6. The molecule has 0 saturated carbocycles. The van der Waals surface area contributed by atoms with Crippen LogP contribution in [0.5, 0.6) is 0 Å². The van der Waals surface area contributed by atoms with Crippen LogP contribution in [0.2, 0.25) is 0 Å². The molecule has 0 spiro atoms. The molecule has 18 heavy (non-hydrogen) atoms. The predicted octanol–water partition coefficient (Wildman–Crippen LogP) is 0.515. The molecule has 0 aliphatic carbocycles. The molecule has 0 bridgehead atoms. The molecule has 0 fully saturated rings. The van der Waals surface area contributed by atoms with Crippen LogP contribution in [0.4, 0.5) is 0 Å². The lowest BCUT2D eigenvalue weighted by atomic mass is 10.6. The minimum atomic E-state index is -1.80. The lowest BCUT2D eigenvalue weighted by molar-refractivity contribution is -0.369. The first kappa shape index (κ1) is 21.0. The molecule has 0 atom stereocenters. The van der Waals surface area contributed by atoms with E-state index in [1.54, 1.807) is 13.8 Å². The normalized spacial score (nSPS) is 11.6. The Balaban J connectivity index is 0. The van der Waals surface area contributed by atoms with Gasteiger partial charge >= 0.3 is 11.9 Å². The number of carbonyl (C=O) groups is 1. The number of rotatable bonds is 6. The van der Waals surface area contributed by atoms with Crippen LogP contribution in [0.3, 0.4) is 0 Å². The largest absolute Gasteiger partial charge is 0.392 e. The fourth-order valence-electron chi connectivity index (χ4n) is 0.645. The number of hydrogen-bond acceptors (Lipinski definition) is 10. The Kier molecular flexibility index (Phi) is 12.3. The summed E-state index contributed by atoms with van der Waals surface area (Å²) in [5, 5.41) is 17.7. The van der Waals surface area contributed by atoms with Crippen molar-refractivity contribution in [2.75, 3.05) is 19.8 Å². The topological polar surface area (TPSA) is 85.2 Å². The van der Waals surface area contributed by atoms with Crippen LogP contribution in [0.15, 0.2) is 0 Å². The zero-order valence-electron chi connectivity index (χ0n) is 9.94. The lowest BCUT2D eigenvalue weighted by Crippen LogP contribution is -2.39. The fraction of sp³-hybridized carbons (Fsp3) is 0.875. The Morgan fingerprint density at radius 3 is 1.67 bits per heavy atom. The van der Waals surface area contributed by atoms with Crippen LogP contribution < -0.4 is 0 Å². The highest BCUT2D eigenvalue weighted by atomic mass is 32.2. The van der Waals surface area contributed by atoms with Gasteiger partial charge in [-0.3, -0.25) is 0 Å². The second-order valence-electron chi connectivity index (χ2n) is 2.75. The van der Waals surface area contributed by atoms with E-state index < -0.39 is 22.0 Å². The summed E-state index contributed by atoms with van der Waals surface area (Å²) in [6.45, 7) is 3.47. The Morgan fingerprint density at radius 2 is 1.56 bits per heavy atom. The molecule has 0 heterocycles. The fourth-order valence-corrected chi connectivity index (χ4v) is 1.14. The second kappa shape index (κ2) is 10.5. The van der Waals surface area contributed by atoms with Gasteiger partial charge in [-0.25, -0.2) is 4.79 Å². The van der Waals surface area contributed by atoms with Crippen molar-refractivity contribution in [2.24, 2.45) is 0 Å². The molecular weight excluding hydrogens is 320 g/mol. The van der Waals surface area contributed by atoms with Crippen LogP contribution >= 0.6 is 50.8 Å². The van der Waals surface area contributed by atoms with Gasteiger partial charge < -0.3 is 23.9 Å². The van der Waals surface area contributed by atoms with Crippen LogP contribution in [-0.2, 0) is 18.5 Å². The molecule has 0 rings (SSSR count). The van der Waals surface area contributed by atoms with Crippen LogP contribution in [0.1, 0.15) is 13.8 Å². The van der Waals surface area contributed by atoms with E-state index in [2.05, 4.69) is 55.0 Å². The number of thiol groups is 4. The second-order valence-corrected chi connectivity index (χ2v) is 6.00. The molecule has 0 unspecified atom stereocenters. The molecule has 0 aromatic carbocycles. The van der Waals surface area contributed by atoms with E-state index in [9.17, 15) is 4.79 Å². The van der Waals surface area contributed by atoms with Crippen molar-refractivity contribution in [3.05, 3.63) is 0 Å². The minimum Gasteiger partial charge on any atom is -0.392 e. The van der Waals surface area contributed by atoms with Gasteiger partial charge in [0.25, 0.3) is 0 Å². The van der Waals surface area contributed by atoms with Gasteiger partial charge in [0, 0.05) is 26.1 Å². The molecule has 6 nitrogen and oxygen atoms in total. The monoisotopic (exact) mass is 338 g/mol. The maximum Gasteiger partial charge on any atom is 0.354 e.